The van der Waals surface area contributed by atoms with Crippen molar-refractivity contribution in [2.24, 2.45) is 5.73 Å². The number of carbonyl (C=O) groups is 1. The summed E-state index contributed by atoms with van der Waals surface area (Å²) < 4.78 is 1.42. The first-order chi connectivity index (χ1) is 5.52. The van der Waals surface area contributed by atoms with Gasteiger partial charge in [-0.1, -0.05) is 0 Å². The number of nitrogens with zero attached hydrogens (tertiary/aromatic N) is 1. The van der Waals surface area contributed by atoms with Crippen molar-refractivity contribution in [3.8, 4) is 0 Å². The third-order valence-electron chi connectivity index (χ3n) is 1.57. The molecule has 0 aromatic carbocycles. The van der Waals surface area contributed by atoms with Gasteiger partial charge in [0.1, 0.15) is 5.69 Å². The minimum absolute atomic E-state index is 0.0295. The quantitative estimate of drug-likeness (QED) is 0.645. The van der Waals surface area contributed by atoms with E-state index in [0.717, 1.165) is 0 Å². The van der Waals surface area contributed by atoms with Crippen molar-refractivity contribution < 1.29 is 4.79 Å². The second-order valence-corrected chi connectivity index (χ2v) is 2.84. The second kappa shape index (κ2) is 2.84. The van der Waals surface area contributed by atoms with Crippen LogP contribution in [0.3, 0.4) is 0 Å². The first kappa shape index (κ1) is 8.58. The summed E-state index contributed by atoms with van der Waals surface area (Å²) in [6.07, 6.45) is 1.43. The lowest BCUT2D eigenvalue weighted by Gasteiger charge is -2.01. The van der Waals surface area contributed by atoms with Crippen LogP contribution in [0.1, 0.15) is 30.4 Å². The normalized spacial score (nSPS) is 10.6. The minimum Gasteiger partial charge on any atom is -0.364 e. The van der Waals surface area contributed by atoms with Crippen molar-refractivity contribution in [3.63, 3.8) is 0 Å². The molecule has 5 nitrogen and oxygen atoms in total. The third-order valence-corrected chi connectivity index (χ3v) is 1.57. The maximum Gasteiger partial charge on any atom is 0.326 e. The molecule has 1 rings (SSSR count). The number of aromatic amines is 1. The van der Waals surface area contributed by atoms with E-state index in [9.17, 15) is 9.59 Å². The van der Waals surface area contributed by atoms with Crippen molar-refractivity contribution in [1.82, 2.24) is 9.55 Å². The van der Waals surface area contributed by atoms with Crippen LogP contribution in [0.4, 0.5) is 0 Å². The Morgan fingerprint density at radius 2 is 2.25 bits per heavy atom. The van der Waals surface area contributed by atoms with Gasteiger partial charge in [0.2, 0.25) is 0 Å². The fraction of sp³-hybridized carbons (Fsp3) is 0.429. The molecular formula is C7H11N3O2. The molecule has 0 aliphatic carbocycles. The van der Waals surface area contributed by atoms with E-state index in [1.54, 1.807) is 0 Å². The number of nitrogens with one attached hydrogen (secondary N) is 1. The first-order valence-corrected chi connectivity index (χ1v) is 3.63. The number of H-pyrrole nitrogens is 1. The van der Waals surface area contributed by atoms with Crippen molar-refractivity contribution in [2.75, 3.05) is 0 Å². The molecular weight excluding hydrogens is 158 g/mol. The fourth-order valence-electron chi connectivity index (χ4n) is 0.919. The molecule has 0 aliphatic rings. The summed E-state index contributed by atoms with van der Waals surface area (Å²) in [6, 6.07) is 0.0295. The number of hydrogen-bond donors (Lipinski definition) is 2. The van der Waals surface area contributed by atoms with Gasteiger partial charge in [-0.3, -0.25) is 9.36 Å². The van der Waals surface area contributed by atoms with Crippen molar-refractivity contribution in [1.29, 1.82) is 0 Å². The predicted octanol–water partition coefficient (Wildman–Crippen LogP) is -0.144. The van der Waals surface area contributed by atoms with E-state index in [4.69, 9.17) is 5.73 Å². The lowest BCUT2D eigenvalue weighted by molar-refractivity contribution is 0.0996. The van der Waals surface area contributed by atoms with Crippen LogP contribution in [0, 0.1) is 0 Å². The Labute approximate surface area is 69.2 Å². The van der Waals surface area contributed by atoms with Crippen molar-refractivity contribution >= 4 is 5.91 Å². The van der Waals surface area contributed by atoms with Gasteiger partial charge in [-0.25, -0.2) is 4.79 Å². The number of hydrogen-bond acceptors (Lipinski definition) is 2. The summed E-state index contributed by atoms with van der Waals surface area (Å²) in [6.45, 7) is 3.69. The molecule has 0 bridgehead atoms. The summed E-state index contributed by atoms with van der Waals surface area (Å²) in [4.78, 5) is 24.1. The van der Waals surface area contributed by atoms with E-state index in [-0.39, 0.29) is 17.4 Å². The minimum atomic E-state index is -0.619. The molecule has 0 saturated carbocycles. The van der Waals surface area contributed by atoms with E-state index in [0.29, 0.717) is 0 Å². The Morgan fingerprint density at radius 1 is 1.67 bits per heavy atom. The Balaban J connectivity index is 3.18. The number of primary amides is 1. The molecule has 0 radical (unpaired) electrons. The smallest absolute Gasteiger partial charge is 0.326 e. The highest BCUT2D eigenvalue weighted by molar-refractivity contribution is 5.90. The SMILES string of the molecule is CC(C)n1cc(C(N)=O)[nH]c1=O. The second-order valence-electron chi connectivity index (χ2n) is 2.84. The Bertz CT molecular complexity index is 348. The van der Waals surface area contributed by atoms with Crippen LogP contribution in [-0.2, 0) is 0 Å². The molecule has 1 amide bonds. The molecule has 0 unspecified atom stereocenters. The van der Waals surface area contributed by atoms with Gasteiger partial charge >= 0.3 is 5.69 Å². The average molecular weight is 169 g/mol. The van der Waals surface area contributed by atoms with Crippen LogP contribution in [0.15, 0.2) is 11.0 Å². The zero-order valence-electron chi connectivity index (χ0n) is 7.00. The molecule has 0 saturated heterocycles. The van der Waals surface area contributed by atoms with E-state index >= 15 is 0 Å². The van der Waals surface area contributed by atoms with Gasteiger partial charge in [0, 0.05) is 12.2 Å². The summed E-state index contributed by atoms with van der Waals surface area (Å²) >= 11 is 0. The number of nitrogens with two attached hydrogens (primary N) is 1. The summed E-state index contributed by atoms with van der Waals surface area (Å²) in [7, 11) is 0. The van der Waals surface area contributed by atoms with E-state index in [1.807, 2.05) is 13.8 Å². The number of aromatic nitrogens is 2. The molecule has 1 aromatic heterocycles. The zero-order valence-corrected chi connectivity index (χ0v) is 7.00. The van der Waals surface area contributed by atoms with Crippen molar-refractivity contribution in [3.05, 3.63) is 22.4 Å². The van der Waals surface area contributed by atoms with Gasteiger partial charge in [-0.15, -0.1) is 0 Å². The standard InChI is InChI=1S/C7H11N3O2/c1-4(2)10-3-5(6(8)11)9-7(10)12/h3-4H,1-2H3,(H2,8,11)(H,9,12). The molecule has 1 heterocycles. The monoisotopic (exact) mass is 169 g/mol. The van der Waals surface area contributed by atoms with Crippen LogP contribution in [0.2, 0.25) is 0 Å². The molecule has 0 aliphatic heterocycles. The van der Waals surface area contributed by atoms with E-state index in [2.05, 4.69) is 4.98 Å². The van der Waals surface area contributed by atoms with E-state index in [1.165, 1.54) is 10.8 Å². The molecule has 0 atom stereocenters. The van der Waals surface area contributed by atoms with Gasteiger partial charge < -0.3 is 10.7 Å². The third kappa shape index (κ3) is 1.39. The molecule has 66 valence electrons. The molecule has 0 spiro atoms. The van der Waals surface area contributed by atoms with Gasteiger partial charge in [0.25, 0.3) is 5.91 Å². The van der Waals surface area contributed by atoms with Gasteiger partial charge in [0.05, 0.1) is 0 Å². The maximum atomic E-state index is 11.1. The fourth-order valence-corrected chi connectivity index (χ4v) is 0.919. The van der Waals surface area contributed by atoms with Crippen LogP contribution in [-0.4, -0.2) is 15.5 Å². The Hall–Kier alpha value is -1.52. The predicted molar refractivity (Wildman–Crippen MR) is 44.0 cm³/mol. The lowest BCUT2D eigenvalue weighted by atomic mass is 10.4. The van der Waals surface area contributed by atoms with Gasteiger partial charge in [-0.05, 0) is 13.8 Å². The Morgan fingerprint density at radius 3 is 2.50 bits per heavy atom. The molecule has 1 aromatic rings. The lowest BCUT2D eigenvalue weighted by Crippen LogP contribution is -2.18. The summed E-state index contributed by atoms with van der Waals surface area (Å²) in [5, 5.41) is 0. The van der Waals surface area contributed by atoms with Crippen molar-refractivity contribution in [2.45, 2.75) is 19.9 Å². The topological polar surface area (TPSA) is 80.9 Å². The number of carbonyl (C=O) groups excluding carboxylic acids is 1. The average Bonchev–Trinajstić information content (AvgIpc) is 2.30. The highest BCUT2D eigenvalue weighted by Gasteiger charge is 2.08. The zero-order chi connectivity index (χ0) is 9.30. The number of imidazole rings is 1. The van der Waals surface area contributed by atoms with Crippen LogP contribution in [0.25, 0.3) is 0 Å². The first-order valence-electron chi connectivity index (χ1n) is 3.63. The Kier molecular flexibility index (Phi) is 2.03. The molecule has 0 fully saturated rings. The highest BCUT2D eigenvalue weighted by Crippen LogP contribution is 2.00. The van der Waals surface area contributed by atoms with Crippen LogP contribution >= 0.6 is 0 Å². The maximum absolute atomic E-state index is 11.1. The summed E-state index contributed by atoms with van der Waals surface area (Å²) in [5.74, 6) is -0.619. The molecule has 3 N–H and O–H groups in total. The largest absolute Gasteiger partial charge is 0.364 e. The number of amides is 1. The van der Waals surface area contributed by atoms with Crippen LogP contribution < -0.4 is 11.4 Å². The highest BCUT2D eigenvalue weighted by atomic mass is 16.2. The van der Waals surface area contributed by atoms with Crippen LogP contribution in [0.5, 0.6) is 0 Å². The molecule has 5 heteroatoms. The summed E-state index contributed by atoms with van der Waals surface area (Å²) in [5.41, 5.74) is 4.81. The van der Waals surface area contributed by atoms with Gasteiger partial charge in [0.15, 0.2) is 0 Å². The molecule has 12 heavy (non-hydrogen) atoms. The number of rotatable bonds is 2. The van der Waals surface area contributed by atoms with E-state index < -0.39 is 5.91 Å². The van der Waals surface area contributed by atoms with Gasteiger partial charge in [-0.2, -0.15) is 0 Å².